The number of carboxylic acids is 1. The standard InChI is InChI=1S/C9H16O3/c1-9(2,7-10)6-4-3-5-8(11)12/h7H,3-6H2,1-2H3,(H,11,12). The number of aldehydes is 1. The molecule has 70 valence electrons. The summed E-state index contributed by atoms with van der Waals surface area (Å²) in [5, 5.41) is 8.33. The zero-order valence-electron chi connectivity index (χ0n) is 7.67. The van der Waals surface area contributed by atoms with Gasteiger partial charge in [0.15, 0.2) is 0 Å². The Kier molecular flexibility index (Phi) is 4.55. The fourth-order valence-electron chi connectivity index (χ4n) is 0.916. The Balaban J connectivity index is 3.43. The number of hydrogen-bond donors (Lipinski definition) is 1. The van der Waals surface area contributed by atoms with Crippen molar-refractivity contribution in [3.8, 4) is 0 Å². The molecule has 0 radical (unpaired) electrons. The molecule has 0 aromatic carbocycles. The molecule has 1 N–H and O–H groups in total. The highest BCUT2D eigenvalue weighted by atomic mass is 16.4. The van der Waals surface area contributed by atoms with Crippen molar-refractivity contribution in [1.82, 2.24) is 0 Å². The van der Waals surface area contributed by atoms with Crippen LogP contribution in [-0.2, 0) is 9.59 Å². The minimum absolute atomic E-state index is 0.203. The van der Waals surface area contributed by atoms with E-state index in [1.54, 1.807) is 0 Å². The Morgan fingerprint density at radius 2 is 2.00 bits per heavy atom. The van der Waals surface area contributed by atoms with E-state index < -0.39 is 5.97 Å². The summed E-state index contributed by atoms with van der Waals surface area (Å²) in [7, 11) is 0. The summed E-state index contributed by atoms with van der Waals surface area (Å²) >= 11 is 0. The van der Waals surface area contributed by atoms with E-state index in [2.05, 4.69) is 0 Å². The predicted molar refractivity (Wildman–Crippen MR) is 45.9 cm³/mol. The minimum Gasteiger partial charge on any atom is -0.481 e. The summed E-state index contributed by atoms with van der Waals surface area (Å²) in [6, 6.07) is 0. The van der Waals surface area contributed by atoms with E-state index in [1.807, 2.05) is 13.8 Å². The summed E-state index contributed by atoms with van der Waals surface area (Å²) in [4.78, 5) is 20.6. The van der Waals surface area contributed by atoms with Gasteiger partial charge in [-0.1, -0.05) is 20.3 Å². The van der Waals surface area contributed by atoms with E-state index in [4.69, 9.17) is 5.11 Å². The van der Waals surface area contributed by atoms with E-state index in [0.29, 0.717) is 6.42 Å². The number of rotatable bonds is 6. The Morgan fingerprint density at radius 3 is 2.42 bits per heavy atom. The Morgan fingerprint density at radius 1 is 1.42 bits per heavy atom. The van der Waals surface area contributed by atoms with Gasteiger partial charge < -0.3 is 9.90 Å². The van der Waals surface area contributed by atoms with Crippen LogP contribution < -0.4 is 0 Å². The van der Waals surface area contributed by atoms with Crippen LogP contribution in [0.4, 0.5) is 0 Å². The molecule has 0 fully saturated rings. The van der Waals surface area contributed by atoms with E-state index in [-0.39, 0.29) is 11.8 Å². The Bertz CT molecular complexity index is 161. The average Bonchev–Trinajstić information content (AvgIpc) is 1.98. The quantitative estimate of drug-likeness (QED) is 0.491. The number of carboxylic acid groups (broad SMARTS) is 1. The minimum atomic E-state index is -0.765. The first-order chi connectivity index (χ1) is 5.48. The second-order valence-corrected chi connectivity index (χ2v) is 3.71. The molecule has 0 heterocycles. The van der Waals surface area contributed by atoms with Crippen molar-refractivity contribution in [3.63, 3.8) is 0 Å². The van der Waals surface area contributed by atoms with Crippen LogP contribution in [-0.4, -0.2) is 17.4 Å². The van der Waals surface area contributed by atoms with Gasteiger partial charge in [0.1, 0.15) is 6.29 Å². The zero-order valence-corrected chi connectivity index (χ0v) is 7.67. The van der Waals surface area contributed by atoms with Crippen LogP contribution >= 0.6 is 0 Å². The molecule has 0 aromatic rings. The summed E-state index contributed by atoms with van der Waals surface area (Å²) in [5.74, 6) is -0.765. The summed E-state index contributed by atoms with van der Waals surface area (Å²) in [6.45, 7) is 3.72. The van der Waals surface area contributed by atoms with Crippen molar-refractivity contribution in [2.45, 2.75) is 39.5 Å². The molecule has 0 saturated heterocycles. The number of carbonyl (C=O) groups excluding carboxylic acids is 1. The fraction of sp³-hybridized carbons (Fsp3) is 0.778. The molecule has 0 aliphatic rings. The molecule has 0 bridgehead atoms. The zero-order chi connectivity index (χ0) is 9.61. The largest absolute Gasteiger partial charge is 0.481 e. The van der Waals surface area contributed by atoms with E-state index in [9.17, 15) is 9.59 Å². The molecule has 0 unspecified atom stereocenters. The molecule has 0 spiro atoms. The van der Waals surface area contributed by atoms with E-state index in [1.165, 1.54) is 0 Å². The van der Waals surface area contributed by atoms with E-state index >= 15 is 0 Å². The van der Waals surface area contributed by atoms with Gasteiger partial charge in [-0.3, -0.25) is 4.79 Å². The normalized spacial score (nSPS) is 11.2. The van der Waals surface area contributed by atoms with Gasteiger partial charge in [-0.25, -0.2) is 0 Å². The highest BCUT2D eigenvalue weighted by Crippen LogP contribution is 2.20. The van der Waals surface area contributed by atoms with Crippen molar-refractivity contribution in [3.05, 3.63) is 0 Å². The van der Waals surface area contributed by atoms with Crippen LogP contribution in [0, 0.1) is 5.41 Å². The lowest BCUT2D eigenvalue weighted by Gasteiger charge is -2.15. The van der Waals surface area contributed by atoms with Crippen molar-refractivity contribution in [2.75, 3.05) is 0 Å². The predicted octanol–water partition coefficient (Wildman–Crippen LogP) is 1.86. The smallest absolute Gasteiger partial charge is 0.303 e. The summed E-state index contributed by atoms with van der Waals surface area (Å²) in [5.41, 5.74) is -0.293. The summed E-state index contributed by atoms with van der Waals surface area (Å²) in [6.07, 6.45) is 3.36. The van der Waals surface area contributed by atoms with Crippen LogP contribution in [0.5, 0.6) is 0 Å². The van der Waals surface area contributed by atoms with Crippen LogP contribution in [0.15, 0.2) is 0 Å². The van der Waals surface area contributed by atoms with Crippen LogP contribution in [0.3, 0.4) is 0 Å². The summed E-state index contributed by atoms with van der Waals surface area (Å²) < 4.78 is 0. The second-order valence-electron chi connectivity index (χ2n) is 3.71. The van der Waals surface area contributed by atoms with Gasteiger partial charge in [-0.05, 0) is 12.8 Å². The highest BCUT2D eigenvalue weighted by Gasteiger charge is 2.15. The Labute approximate surface area is 72.8 Å². The number of hydrogen-bond acceptors (Lipinski definition) is 2. The lowest BCUT2D eigenvalue weighted by molar-refractivity contribution is -0.137. The van der Waals surface area contributed by atoms with Crippen molar-refractivity contribution < 1.29 is 14.7 Å². The van der Waals surface area contributed by atoms with Gasteiger partial charge in [0.25, 0.3) is 0 Å². The van der Waals surface area contributed by atoms with Crippen molar-refractivity contribution in [1.29, 1.82) is 0 Å². The van der Waals surface area contributed by atoms with Gasteiger partial charge in [0.05, 0.1) is 0 Å². The molecule has 0 aliphatic carbocycles. The van der Waals surface area contributed by atoms with Gasteiger partial charge >= 0.3 is 5.97 Å². The number of aliphatic carboxylic acids is 1. The number of unbranched alkanes of at least 4 members (excludes halogenated alkanes) is 1. The van der Waals surface area contributed by atoms with E-state index in [0.717, 1.165) is 19.1 Å². The van der Waals surface area contributed by atoms with Gasteiger partial charge in [0.2, 0.25) is 0 Å². The molecule has 0 atom stereocenters. The first kappa shape index (κ1) is 11.1. The molecule has 0 rings (SSSR count). The van der Waals surface area contributed by atoms with Gasteiger partial charge in [0, 0.05) is 11.8 Å². The molecule has 3 heteroatoms. The SMILES string of the molecule is CC(C)(C=O)CCCCC(=O)O. The van der Waals surface area contributed by atoms with Crippen LogP contribution in [0.2, 0.25) is 0 Å². The first-order valence-corrected chi connectivity index (χ1v) is 4.16. The van der Waals surface area contributed by atoms with Crippen LogP contribution in [0.1, 0.15) is 39.5 Å². The molecule has 0 amide bonds. The third-order valence-electron chi connectivity index (χ3n) is 1.78. The van der Waals surface area contributed by atoms with Crippen molar-refractivity contribution in [2.24, 2.45) is 5.41 Å². The molecule has 12 heavy (non-hydrogen) atoms. The lowest BCUT2D eigenvalue weighted by atomic mass is 9.89. The van der Waals surface area contributed by atoms with Gasteiger partial charge in [-0.2, -0.15) is 0 Å². The second kappa shape index (κ2) is 4.91. The Hall–Kier alpha value is -0.860. The van der Waals surface area contributed by atoms with Crippen molar-refractivity contribution >= 4 is 12.3 Å². The van der Waals surface area contributed by atoms with Crippen LogP contribution in [0.25, 0.3) is 0 Å². The first-order valence-electron chi connectivity index (χ1n) is 4.16. The average molecular weight is 172 g/mol. The number of carbonyl (C=O) groups is 2. The topological polar surface area (TPSA) is 54.4 Å². The highest BCUT2D eigenvalue weighted by molar-refractivity contribution is 5.66. The maximum Gasteiger partial charge on any atom is 0.303 e. The maximum absolute atomic E-state index is 10.4. The maximum atomic E-state index is 10.4. The molecule has 0 aliphatic heterocycles. The third kappa shape index (κ3) is 5.89. The molecular formula is C9H16O3. The van der Waals surface area contributed by atoms with Gasteiger partial charge in [-0.15, -0.1) is 0 Å². The third-order valence-corrected chi connectivity index (χ3v) is 1.78. The molecule has 0 saturated carbocycles. The lowest BCUT2D eigenvalue weighted by Crippen LogP contribution is -2.12. The monoisotopic (exact) mass is 172 g/mol. The molecule has 3 nitrogen and oxygen atoms in total. The fourth-order valence-corrected chi connectivity index (χ4v) is 0.916. The molecule has 0 aromatic heterocycles. The molecular weight excluding hydrogens is 156 g/mol.